The Labute approximate surface area is 169 Å². The van der Waals surface area contributed by atoms with Crippen LogP contribution in [-0.4, -0.2) is 15.3 Å². The van der Waals surface area contributed by atoms with Gasteiger partial charge in [-0.3, -0.25) is 14.0 Å². The molecule has 2 heterocycles. The maximum atomic E-state index is 12.7. The molecule has 28 heavy (non-hydrogen) atoms. The van der Waals surface area contributed by atoms with Crippen LogP contribution in [0.3, 0.4) is 0 Å². The molecule has 140 valence electrons. The SMILES string of the molecule is O=C(Nc1ccc(Cl)cc1)c1ccccc1NCc1cc(=O)n2ccsc2n1. The number of fused-ring (bicyclic) bond motifs is 1. The van der Waals surface area contributed by atoms with E-state index in [0.717, 1.165) is 0 Å². The number of hydrogen-bond donors (Lipinski definition) is 2. The molecule has 0 aliphatic heterocycles. The molecule has 2 aromatic carbocycles. The molecule has 4 rings (SSSR count). The zero-order valence-corrected chi connectivity index (χ0v) is 16.1. The normalized spacial score (nSPS) is 10.8. The number of halogens is 1. The molecule has 0 unspecified atom stereocenters. The van der Waals surface area contributed by atoms with Gasteiger partial charge in [0.25, 0.3) is 11.5 Å². The highest BCUT2D eigenvalue weighted by Crippen LogP contribution is 2.19. The Morgan fingerprint density at radius 3 is 2.75 bits per heavy atom. The lowest BCUT2D eigenvalue weighted by molar-refractivity contribution is 0.102. The van der Waals surface area contributed by atoms with E-state index >= 15 is 0 Å². The number of thiazole rings is 1. The molecule has 0 atom stereocenters. The van der Waals surface area contributed by atoms with Crippen LogP contribution in [0.25, 0.3) is 4.96 Å². The van der Waals surface area contributed by atoms with E-state index in [1.54, 1.807) is 42.6 Å². The molecule has 0 bridgehead atoms. The molecule has 4 aromatic rings. The highest BCUT2D eigenvalue weighted by atomic mass is 35.5. The minimum absolute atomic E-state index is 0.128. The number of nitrogens with zero attached hydrogens (tertiary/aromatic N) is 2. The Bertz CT molecular complexity index is 1200. The van der Waals surface area contributed by atoms with Gasteiger partial charge in [-0.15, -0.1) is 11.3 Å². The first-order valence-corrected chi connectivity index (χ1v) is 9.71. The highest BCUT2D eigenvalue weighted by Gasteiger charge is 2.12. The number of amides is 1. The lowest BCUT2D eigenvalue weighted by Crippen LogP contribution is -2.17. The molecule has 6 nitrogen and oxygen atoms in total. The number of rotatable bonds is 5. The van der Waals surface area contributed by atoms with Crippen LogP contribution in [0.5, 0.6) is 0 Å². The minimum Gasteiger partial charge on any atom is -0.379 e. The van der Waals surface area contributed by atoms with Gasteiger partial charge in [0.1, 0.15) is 0 Å². The minimum atomic E-state index is -0.243. The average Bonchev–Trinajstić information content (AvgIpc) is 3.18. The molecule has 0 fully saturated rings. The third-order valence-corrected chi connectivity index (χ3v) is 5.10. The van der Waals surface area contributed by atoms with Gasteiger partial charge >= 0.3 is 0 Å². The molecule has 0 aliphatic carbocycles. The third kappa shape index (κ3) is 3.90. The van der Waals surface area contributed by atoms with E-state index in [1.807, 2.05) is 17.5 Å². The van der Waals surface area contributed by atoms with Crippen molar-refractivity contribution in [2.24, 2.45) is 0 Å². The molecule has 8 heteroatoms. The van der Waals surface area contributed by atoms with Gasteiger partial charge in [-0.05, 0) is 36.4 Å². The highest BCUT2D eigenvalue weighted by molar-refractivity contribution is 7.15. The van der Waals surface area contributed by atoms with Crippen molar-refractivity contribution in [3.63, 3.8) is 0 Å². The van der Waals surface area contributed by atoms with E-state index in [-0.39, 0.29) is 11.5 Å². The summed E-state index contributed by atoms with van der Waals surface area (Å²) in [5.41, 5.74) is 2.28. The molecule has 0 aliphatic rings. The number of benzene rings is 2. The van der Waals surface area contributed by atoms with Gasteiger partial charge in [0, 0.05) is 34.0 Å². The predicted octanol–water partition coefficient (Wildman–Crippen LogP) is 4.27. The number of nitrogens with one attached hydrogen (secondary N) is 2. The number of para-hydroxylation sites is 1. The van der Waals surface area contributed by atoms with Gasteiger partial charge in [0.15, 0.2) is 4.96 Å². The second kappa shape index (κ2) is 7.84. The number of carbonyl (C=O) groups is 1. The Kier molecular flexibility index (Phi) is 5.10. The predicted molar refractivity (Wildman–Crippen MR) is 113 cm³/mol. The van der Waals surface area contributed by atoms with Crippen molar-refractivity contribution in [3.05, 3.63) is 92.8 Å². The zero-order valence-electron chi connectivity index (χ0n) is 14.6. The number of aromatic nitrogens is 2. The summed E-state index contributed by atoms with van der Waals surface area (Å²) in [5, 5.41) is 8.47. The van der Waals surface area contributed by atoms with E-state index in [2.05, 4.69) is 15.6 Å². The molecular weight excluding hydrogens is 396 g/mol. The first kappa shape index (κ1) is 18.2. The van der Waals surface area contributed by atoms with Crippen molar-refractivity contribution in [2.45, 2.75) is 6.54 Å². The van der Waals surface area contributed by atoms with Gasteiger partial charge < -0.3 is 10.6 Å². The fourth-order valence-electron chi connectivity index (χ4n) is 2.73. The number of hydrogen-bond acceptors (Lipinski definition) is 5. The Morgan fingerprint density at radius 1 is 1.14 bits per heavy atom. The maximum absolute atomic E-state index is 12.7. The summed E-state index contributed by atoms with van der Waals surface area (Å²) in [6.07, 6.45) is 1.70. The van der Waals surface area contributed by atoms with Gasteiger partial charge in [-0.1, -0.05) is 23.7 Å². The van der Waals surface area contributed by atoms with E-state index in [0.29, 0.717) is 39.2 Å². The van der Waals surface area contributed by atoms with E-state index in [9.17, 15) is 9.59 Å². The lowest BCUT2D eigenvalue weighted by Gasteiger charge is -2.12. The van der Waals surface area contributed by atoms with Crippen LogP contribution >= 0.6 is 22.9 Å². The van der Waals surface area contributed by atoms with Crippen molar-refractivity contribution in [2.75, 3.05) is 10.6 Å². The molecule has 0 saturated carbocycles. The van der Waals surface area contributed by atoms with Gasteiger partial charge in [0.05, 0.1) is 17.8 Å². The van der Waals surface area contributed by atoms with Gasteiger partial charge in [0.2, 0.25) is 0 Å². The molecule has 0 spiro atoms. The summed E-state index contributed by atoms with van der Waals surface area (Å²) >= 11 is 7.28. The van der Waals surface area contributed by atoms with E-state index in [1.165, 1.54) is 21.8 Å². The molecule has 1 amide bonds. The van der Waals surface area contributed by atoms with Crippen LogP contribution in [0.15, 0.2) is 71.0 Å². The largest absolute Gasteiger partial charge is 0.379 e. The molecule has 0 saturated heterocycles. The standard InChI is InChI=1S/C20H15ClN4O2S/c21-13-5-7-14(8-6-13)23-19(27)16-3-1-2-4-17(16)22-12-15-11-18(26)25-9-10-28-20(25)24-15/h1-11,22H,12H2,(H,23,27). The maximum Gasteiger partial charge on any atom is 0.258 e. The molecule has 0 radical (unpaired) electrons. The Hall–Kier alpha value is -3.16. The molecule has 2 aromatic heterocycles. The fraction of sp³-hybridized carbons (Fsp3) is 0.0500. The summed E-state index contributed by atoms with van der Waals surface area (Å²) in [4.78, 5) is 29.9. The topological polar surface area (TPSA) is 75.5 Å². The summed E-state index contributed by atoms with van der Waals surface area (Å²) in [7, 11) is 0. The van der Waals surface area contributed by atoms with Gasteiger partial charge in [-0.2, -0.15) is 0 Å². The lowest BCUT2D eigenvalue weighted by atomic mass is 10.1. The number of anilines is 2. The average molecular weight is 411 g/mol. The first-order chi connectivity index (χ1) is 13.6. The van der Waals surface area contributed by atoms with Gasteiger partial charge in [-0.25, -0.2) is 4.98 Å². The smallest absolute Gasteiger partial charge is 0.258 e. The van der Waals surface area contributed by atoms with Crippen molar-refractivity contribution >= 4 is 45.2 Å². The first-order valence-electron chi connectivity index (χ1n) is 8.46. The quantitative estimate of drug-likeness (QED) is 0.515. The summed E-state index contributed by atoms with van der Waals surface area (Å²) < 4.78 is 1.50. The third-order valence-electron chi connectivity index (χ3n) is 4.09. The Morgan fingerprint density at radius 2 is 1.93 bits per heavy atom. The van der Waals surface area contributed by atoms with Crippen LogP contribution in [0, 0.1) is 0 Å². The fourth-order valence-corrected chi connectivity index (χ4v) is 3.60. The van der Waals surface area contributed by atoms with Crippen LogP contribution in [0.2, 0.25) is 5.02 Å². The summed E-state index contributed by atoms with van der Waals surface area (Å²) in [6, 6.07) is 15.6. The van der Waals surface area contributed by atoms with Crippen molar-refractivity contribution < 1.29 is 4.79 Å². The van der Waals surface area contributed by atoms with Crippen LogP contribution in [-0.2, 0) is 6.54 Å². The second-order valence-electron chi connectivity index (χ2n) is 6.00. The van der Waals surface area contributed by atoms with E-state index in [4.69, 9.17) is 11.6 Å². The van der Waals surface area contributed by atoms with Crippen molar-refractivity contribution in [1.29, 1.82) is 0 Å². The van der Waals surface area contributed by atoms with Crippen LogP contribution < -0.4 is 16.2 Å². The molecular formula is C20H15ClN4O2S. The summed E-state index contributed by atoms with van der Waals surface area (Å²) in [5.74, 6) is -0.243. The van der Waals surface area contributed by atoms with E-state index < -0.39 is 0 Å². The summed E-state index contributed by atoms with van der Waals surface area (Å²) in [6.45, 7) is 0.328. The Balaban J connectivity index is 1.52. The van der Waals surface area contributed by atoms with Crippen molar-refractivity contribution in [1.82, 2.24) is 9.38 Å². The monoisotopic (exact) mass is 410 g/mol. The van der Waals surface area contributed by atoms with Crippen molar-refractivity contribution in [3.8, 4) is 0 Å². The van der Waals surface area contributed by atoms with Crippen LogP contribution in [0.1, 0.15) is 16.1 Å². The molecule has 2 N–H and O–H groups in total. The second-order valence-corrected chi connectivity index (χ2v) is 7.31. The zero-order chi connectivity index (χ0) is 19.5. The number of carbonyl (C=O) groups excluding carboxylic acids is 1. The van der Waals surface area contributed by atoms with Crippen LogP contribution in [0.4, 0.5) is 11.4 Å².